The van der Waals surface area contributed by atoms with Gasteiger partial charge < -0.3 is 19.8 Å². The molecule has 4 unspecified atom stereocenters. The Balaban J connectivity index is 1.43. The van der Waals surface area contributed by atoms with E-state index in [0.717, 1.165) is 21.7 Å². The summed E-state index contributed by atoms with van der Waals surface area (Å²) in [5.41, 5.74) is 3.53. The Bertz CT molecular complexity index is 1390. The summed E-state index contributed by atoms with van der Waals surface area (Å²) in [4.78, 5) is 42.9. The third kappa shape index (κ3) is 4.58. The monoisotopic (exact) mass is 529 g/mol. The molecular weight excluding hydrogens is 502 g/mol. The molecule has 38 heavy (non-hydrogen) atoms. The van der Waals surface area contributed by atoms with Crippen molar-refractivity contribution in [1.29, 1.82) is 0 Å². The summed E-state index contributed by atoms with van der Waals surface area (Å²) < 4.78 is 5.31. The van der Waals surface area contributed by atoms with Gasteiger partial charge in [0.05, 0.1) is 28.2 Å². The van der Waals surface area contributed by atoms with Crippen molar-refractivity contribution in [2.24, 2.45) is 10.9 Å². The van der Waals surface area contributed by atoms with Crippen LogP contribution in [0.3, 0.4) is 0 Å². The molecule has 2 N–H and O–H groups in total. The van der Waals surface area contributed by atoms with Gasteiger partial charge in [0, 0.05) is 20.7 Å². The summed E-state index contributed by atoms with van der Waals surface area (Å²) in [6.07, 6.45) is -0.512. The van der Waals surface area contributed by atoms with Crippen molar-refractivity contribution < 1.29 is 19.2 Å². The van der Waals surface area contributed by atoms with Crippen molar-refractivity contribution in [3.05, 3.63) is 46.9 Å². The number of thiazole rings is 1. The topological polar surface area (TPSA) is 134 Å². The predicted molar refractivity (Wildman–Crippen MR) is 144 cm³/mol. The van der Waals surface area contributed by atoms with Crippen molar-refractivity contribution in [3.8, 4) is 10.4 Å². The summed E-state index contributed by atoms with van der Waals surface area (Å²) >= 11 is 1.56. The Morgan fingerprint density at radius 3 is 2.68 bits per heavy atom. The summed E-state index contributed by atoms with van der Waals surface area (Å²) in [6.45, 7) is 7.57. The minimum atomic E-state index is -1.17. The lowest BCUT2D eigenvalue weighted by Gasteiger charge is -2.28. The van der Waals surface area contributed by atoms with E-state index >= 15 is 0 Å². The van der Waals surface area contributed by atoms with E-state index in [1.165, 1.54) is 7.17 Å². The van der Waals surface area contributed by atoms with Crippen LogP contribution in [0.5, 0.6) is 0 Å². The zero-order valence-electron chi connectivity index (χ0n) is 21.6. The molecule has 13 heteroatoms. The number of amides is 2. The number of likely N-dealkylation sites (tertiary alicyclic amines) is 1. The summed E-state index contributed by atoms with van der Waals surface area (Å²) in [7, 11) is 6.69. The zero-order valence-corrected chi connectivity index (χ0v) is 22.4. The smallest absolute Gasteiger partial charge is 0.257 e. The van der Waals surface area contributed by atoms with Gasteiger partial charge in [-0.05, 0) is 30.9 Å². The van der Waals surface area contributed by atoms with E-state index in [9.17, 15) is 14.7 Å². The fourth-order valence-electron chi connectivity index (χ4n) is 5.05. The van der Waals surface area contributed by atoms with Gasteiger partial charge in [-0.3, -0.25) is 9.59 Å². The largest absolute Gasteiger partial charge is 0.391 e. The van der Waals surface area contributed by atoms with E-state index in [1.54, 1.807) is 23.2 Å². The Morgan fingerprint density at radius 1 is 1.34 bits per heavy atom. The molecule has 0 aliphatic carbocycles. The number of carbonyl (C=O) groups is 2. The van der Waals surface area contributed by atoms with Crippen molar-refractivity contribution in [3.63, 3.8) is 0 Å². The van der Waals surface area contributed by atoms with Crippen LogP contribution in [0.2, 0.25) is 0 Å². The SMILES string of the molecule is [B][B]c1noc(C(C(=O)N2CC(O)CC2C2=NC(C)(c3ccc(-c4scnc4C)cc3)C(=O)N2)C(C)C)n1. The van der Waals surface area contributed by atoms with Crippen LogP contribution in [0, 0.1) is 12.8 Å². The lowest BCUT2D eigenvalue weighted by molar-refractivity contribution is -0.134. The van der Waals surface area contributed by atoms with Crippen LogP contribution in [0.15, 0.2) is 39.3 Å². The maximum atomic E-state index is 13.8. The molecule has 5 rings (SSSR count). The number of aryl methyl sites for hydroxylation is 1. The number of nitrogens with zero attached hydrogens (tertiary/aromatic N) is 5. The number of hydrogen-bond acceptors (Lipinski definition) is 9. The minimum absolute atomic E-state index is 0.102. The number of hydrogen-bond donors (Lipinski definition) is 2. The highest BCUT2D eigenvalue weighted by molar-refractivity contribution is 7.13. The van der Waals surface area contributed by atoms with Crippen LogP contribution in [-0.4, -0.2) is 76.4 Å². The Hall–Kier alpha value is -3.31. The summed E-state index contributed by atoms with van der Waals surface area (Å²) in [6, 6.07) is 7.10. The molecule has 1 saturated heterocycles. The molecule has 0 spiro atoms. The molecule has 4 heterocycles. The Labute approximate surface area is 226 Å². The molecule has 1 fully saturated rings. The van der Waals surface area contributed by atoms with Crippen molar-refractivity contribution in [2.45, 2.75) is 57.7 Å². The maximum absolute atomic E-state index is 13.8. The molecule has 2 aliphatic rings. The third-order valence-corrected chi connectivity index (χ3v) is 8.14. The van der Waals surface area contributed by atoms with Gasteiger partial charge in [0.2, 0.25) is 11.8 Å². The molecule has 193 valence electrons. The second kappa shape index (κ2) is 10.1. The molecule has 3 radical (unpaired) electrons. The number of aromatic nitrogens is 3. The Kier molecular flexibility index (Phi) is 6.99. The van der Waals surface area contributed by atoms with Gasteiger partial charge in [-0.1, -0.05) is 43.3 Å². The second-order valence-electron chi connectivity index (χ2n) is 10.1. The zero-order chi connectivity index (χ0) is 27.2. The van der Waals surface area contributed by atoms with Crippen molar-refractivity contribution in [1.82, 2.24) is 25.3 Å². The van der Waals surface area contributed by atoms with Gasteiger partial charge in [-0.2, -0.15) is 0 Å². The number of nitrogens with one attached hydrogen (secondary N) is 1. The van der Waals surface area contributed by atoms with E-state index in [1.807, 2.05) is 50.5 Å². The van der Waals surface area contributed by atoms with Gasteiger partial charge >= 0.3 is 0 Å². The average molecular weight is 529 g/mol. The third-order valence-electron chi connectivity index (χ3n) is 7.17. The number of aliphatic hydroxyl groups excluding tert-OH is 1. The molecule has 10 nitrogen and oxygen atoms in total. The van der Waals surface area contributed by atoms with Gasteiger partial charge in [0.25, 0.3) is 5.91 Å². The second-order valence-corrected chi connectivity index (χ2v) is 11.0. The number of aliphatic hydroxyl groups is 1. The number of β-amino-alcohol motifs (C(OH)–C–C–N with tert-alkyl or cyclic N) is 1. The molecule has 1 aromatic carbocycles. The fraction of sp³-hybridized carbons (Fsp3) is 0.440. The number of amidine groups is 1. The number of carbonyl (C=O) groups excluding carboxylic acids is 2. The molecule has 0 bridgehead atoms. The highest BCUT2D eigenvalue weighted by atomic mass is 32.1. The molecule has 2 aliphatic heterocycles. The molecule has 0 saturated carbocycles. The Morgan fingerprint density at radius 2 is 2.08 bits per heavy atom. The average Bonchev–Trinajstić information content (AvgIpc) is 3.67. The first-order chi connectivity index (χ1) is 18.1. The van der Waals surface area contributed by atoms with Gasteiger partial charge in [-0.25, -0.2) is 15.0 Å². The van der Waals surface area contributed by atoms with Crippen LogP contribution < -0.4 is 11.0 Å². The highest BCUT2D eigenvalue weighted by Crippen LogP contribution is 2.36. The first kappa shape index (κ1) is 26.3. The van der Waals surface area contributed by atoms with Gasteiger partial charge in [0.1, 0.15) is 17.5 Å². The maximum Gasteiger partial charge on any atom is 0.257 e. The van der Waals surface area contributed by atoms with Crippen molar-refractivity contribution >= 4 is 49.6 Å². The first-order valence-corrected chi connectivity index (χ1v) is 13.3. The van der Waals surface area contributed by atoms with Crippen LogP contribution in [0.4, 0.5) is 0 Å². The van der Waals surface area contributed by atoms with Crippen LogP contribution >= 0.6 is 11.3 Å². The number of aliphatic imine (C=N–C) groups is 1. The summed E-state index contributed by atoms with van der Waals surface area (Å²) in [5.74, 6) is -0.977. The van der Waals surface area contributed by atoms with E-state index < -0.39 is 23.6 Å². The predicted octanol–water partition coefficient (Wildman–Crippen LogP) is 1.06. The molecule has 2 amide bonds. The van der Waals surface area contributed by atoms with Crippen molar-refractivity contribution in [2.75, 3.05) is 6.54 Å². The van der Waals surface area contributed by atoms with Gasteiger partial charge in [-0.15, -0.1) is 11.3 Å². The fourth-order valence-corrected chi connectivity index (χ4v) is 5.86. The van der Waals surface area contributed by atoms with Gasteiger partial charge in [0.15, 0.2) is 12.7 Å². The van der Waals surface area contributed by atoms with E-state index in [-0.39, 0.29) is 42.3 Å². The number of benzene rings is 1. The van der Waals surface area contributed by atoms with Crippen LogP contribution in [0.1, 0.15) is 50.3 Å². The van der Waals surface area contributed by atoms with Crippen LogP contribution in [0.25, 0.3) is 10.4 Å². The summed E-state index contributed by atoms with van der Waals surface area (Å²) in [5, 5.41) is 17.2. The molecule has 4 atom stereocenters. The molecular formula is C25H27B2N6O4S. The quantitative estimate of drug-likeness (QED) is 0.438. The lowest BCUT2D eigenvalue weighted by atomic mass is 9.55. The van der Waals surface area contributed by atoms with E-state index in [0.29, 0.717) is 5.84 Å². The highest BCUT2D eigenvalue weighted by Gasteiger charge is 2.48. The lowest BCUT2D eigenvalue weighted by Crippen LogP contribution is -2.48. The molecule has 2 aromatic heterocycles. The molecule has 3 aromatic rings. The van der Waals surface area contributed by atoms with E-state index in [4.69, 9.17) is 17.3 Å². The first-order valence-electron chi connectivity index (χ1n) is 12.4. The van der Waals surface area contributed by atoms with E-state index in [2.05, 4.69) is 20.4 Å². The standard InChI is InChI=1S/C25H27B2N6O4S/c1-12(2)18(21-30-24(27-26)32-37-21)22(35)33-10-16(34)9-17(33)20-29-23(36)25(4,31-20)15-7-5-14(6-8-15)19-13(3)28-11-38-19/h5-8,11-12,16-18,34H,9-10H2,1-4H3,(H,29,31,36). The normalized spacial score (nSPS) is 24.0. The minimum Gasteiger partial charge on any atom is -0.391 e. The number of rotatable bonds is 7. The van der Waals surface area contributed by atoms with Crippen LogP contribution in [-0.2, 0) is 15.1 Å².